The first-order valence-electron chi connectivity index (χ1n) is 7.58. The molecular weight excluding hydrogens is 318 g/mol. The molecule has 23 heavy (non-hydrogen) atoms. The third-order valence-corrected chi connectivity index (χ3v) is 3.79. The van der Waals surface area contributed by atoms with Crippen molar-refractivity contribution in [2.24, 2.45) is 0 Å². The summed E-state index contributed by atoms with van der Waals surface area (Å²) in [6.07, 6.45) is 1.54. The highest BCUT2D eigenvalue weighted by Gasteiger charge is 2.29. The van der Waals surface area contributed by atoms with Crippen LogP contribution in [0.25, 0.3) is 0 Å². The summed E-state index contributed by atoms with van der Waals surface area (Å²) >= 11 is 5.84. The van der Waals surface area contributed by atoms with Gasteiger partial charge in [0.25, 0.3) is 0 Å². The molecule has 1 aromatic carbocycles. The third kappa shape index (κ3) is 6.08. The first-order valence-corrected chi connectivity index (χ1v) is 7.96. The van der Waals surface area contributed by atoms with Crippen LogP contribution in [0, 0.1) is 0 Å². The lowest BCUT2D eigenvalue weighted by Gasteiger charge is -2.35. The van der Waals surface area contributed by atoms with E-state index >= 15 is 0 Å². The molecule has 0 saturated carbocycles. The highest BCUT2D eigenvalue weighted by atomic mass is 35.5. The summed E-state index contributed by atoms with van der Waals surface area (Å²) in [7, 11) is 0. The van der Waals surface area contributed by atoms with Crippen LogP contribution >= 0.6 is 11.6 Å². The van der Waals surface area contributed by atoms with E-state index in [1.165, 1.54) is 0 Å². The van der Waals surface area contributed by atoms with E-state index in [9.17, 15) is 9.59 Å². The summed E-state index contributed by atoms with van der Waals surface area (Å²) in [5, 5.41) is 8.60. The van der Waals surface area contributed by atoms with E-state index in [1.807, 2.05) is 13.8 Å². The number of urea groups is 1. The first kappa shape index (κ1) is 17.6. The van der Waals surface area contributed by atoms with Crippen LogP contribution in [0.5, 0.6) is 0 Å². The third-order valence-electron chi connectivity index (χ3n) is 3.55. The van der Waals surface area contributed by atoms with E-state index in [4.69, 9.17) is 16.3 Å². The van der Waals surface area contributed by atoms with Crippen molar-refractivity contribution in [2.75, 3.05) is 18.5 Å². The van der Waals surface area contributed by atoms with Gasteiger partial charge in [-0.2, -0.15) is 0 Å². The number of carbonyl (C=O) groups excluding carboxylic acids is 2. The van der Waals surface area contributed by atoms with Gasteiger partial charge in [-0.15, -0.1) is 0 Å². The van der Waals surface area contributed by atoms with Crippen LogP contribution < -0.4 is 16.0 Å². The van der Waals surface area contributed by atoms with Crippen molar-refractivity contribution in [3.05, 3.63) is 29.3 Å². The number of anilines is 1. The van der Waals surface area contributed by atoms with E-state index in [0.29, 0.717) is 17.3 Å². The fourth-order valence-electron chi connectivity index (χ4n) is 2.54. The molecule has 2 rings (SSSR count). The van der Waals surface area contributed by atoms with Gasteiger partial charge in [0.05, 0.1) is 12.1 Å². The van der Waals surface area contributed by atoms with E-state index < -0.39 is 6.03 Å². The molecule has 0 bridgehead atoms. The predicted molar refractivity (Wildman–Crippen MR) is 89.7 cm³/mol. The summed E-state index contributed by atoms with van der Waals surface area (Å²) in [4.78, 5) is 23.7. The molecule has 1 aliphatic rings. The van der Waals surface area contributed by atoms with Crippen molar-refractivity contribution in [3.63, 3.8) is 0 Å². The van der Waals surface area contributed by atoms with Gasteiger partial charge < -0.3 is 20.7 Å². The molecule has 0 radical (unpaired) electrons. The molecule has 0 aromatic heterocycles. The molecule has 1 fully saturated rings. The van der Waals surface area contributed by atoms with Crippen LogP contribution in [-0.2, 0) is 9.53 Å². The second kappa shape index (κ2) is 7.66. The highest BCUT2D eigenvalue weighted by molar-refractivity contribution is 6.30. The minimum atomic E-state index is -0.449. The van der Waals surface area contributed by atoms with Crippen molar-refractivity contribution < 1.29 is 14.3 Å². The molecule has 1 saturated heterocycles. The summed E-state index contributed by atoms with van der Waals surface area (Å²) in [6.45, 7) is 4.55. The minimum absolute atomic E-state index is 0.0732. The van der Waals surface area contributed by atoms with E-state index in [-0.39, 0.29) is 24.1 Å². The second-order valence-electron chi connectivity index (χ2n) is 6.18. The molecule has 0 unspecified atom stereocenters. The minimum Gasteiger partial charge on any atom is -0.375 e. The number of hydrogen-bond donors (Lipinski definition) is 3. The van der Waals surface area contributed by atoms with E-state index in [2.05, 4.69) is 16.0 Å². The van der Waals surface area contributed by atoms with Gasteiger partial charge in [-0.1, -0.05) is 17.7 Å². The molecule has 3 amide bonds. The molecule has 1 atom stereocenters. The maximum absolute atomic E-state index is 11.9. The Labute approximate surface area is 140 Å². The summed E-state index contributed by atoms with van der Waals surface area (Å²) in [5.74, 6) is -0.214. The molecule has 0 aliphatic carbocycles. The average Bonchev–Trinajstić information content (AvgIpc) is 2.44. The van der Waals surface area contributed by atoms with Gasteiger partial charge in [-0.25, -0.2) is 4.79 Å². The van der Waals surface area contributed by atoms with Crippen molar-refractivity contribution in [1.82, 2.24) is 10.6 Å². The fourth-order valence-corrected chi connectivity index (χ4v) is 2.73. The molecular formula is C16H22ClN3O3. The zero-order valence-electron chi connectivity index (χ0n) is 13.3. The summed E-state index contributed by atoms with van der Waals surface area (Å²) in [5.41, 5.74) is 0.342. The normalized spacial score (nSPS) is 19.7. The number of halogens is 1. The van der Waals surface area contributed by atoms with Crippen LogP contribution in [-0.4, -0.2) is 36.7 Å². The zero-order valence-corrected chi connectivity index (χ0v) is 14.1. The molecule has 6 nitrogen and oxygen atoms in total. The highest BCUT2D eigenvalue weighted by Crippen LogP contribution is 2.23. The van der Waals surface area contributed by atoms with Crippen LogP contribution in [0.15, 0.2) is 24.3 Å². The standard InChI is InChI=1S/C16H22ClN3O3/c1-16(2)9-13(6-7-23-16)19-14(21)10-18-15(22)20-12-5-3-4-11(17)8-12/h3-5,8,13H,6-7,9-10H2,1-2H3,(H,19,21)(H2,18,20,22)/t13-/m0/s1. The molecule has 1 heterocycles. The number of benzene rings is 1. The van der Waals surface area contributed by atoms with Crippen LogP contribution in [0.3, 0.4) is 0 Å². The largest absolute Gasteiger partial charge is 0.375 e. The molecule has 1 aliphatic heterocycles. The Kier molecular flexibility index (Phi) is 5.85. The van der Waals surface area contributed by atoms with Gasteiger partial charge in [-0.3, -0.25) is 4.79 Å². The Balaban J connectivity index is 1.72. The fraction of sp³-hybridized carbons (Fsp3) is 0.500. The quantitative estimate of drug-likeness (QED) is 0.788. The Morgan fingerprint density at radius 3 is 2.87 bits per heavy atom. The van der Waals surface area contributed by atoms with Gasteiger partial charge in [0, 0.05) is 23.4 Å². The molecule has 3 N–H and O–H groups in total. The van der Waals surface area contributed by atoms with Crippen molar-refractivity contribution in [3.8, 4) is 0 Å². The van der Waals surface area contributed by atoms with Gasteiger partial charge in [0.2, 0.25) is 5.91 Å². The van der Waals surface area contributed by atoms with Crippen molar-refractivity contribution in [2.45, 2.75) is 38.3 Å². The molecule has 0 spiro atoms. The predicted octanol–water partition coefficient (Wildman–Crippen LogP) is 2.54. The van der Waals surface area contributed by atoms with Crippen LogP contribution in [0.4, 0.5) is 10.5 Å². The second-order valence-corrected chi connectivity index (χ2v) is 6.62. The summed E-state index contributed by atoms with van der Waals surface area (Å²) < 4.78 is 5.61. The Hall–Kier alpha value is -1.79. The molecule has 1 aromatic rings. The lowest BCUT2D eigenvalue weighted by Crippen LogP contribution is -2.48. The Morgan fingerprint density at radius 1 is 1.39 bits per heavy atom. The monoisotopic (exact) mass is 339 g/mol. The maximum atomic E-state index is 11.9. The number of nitrogens with one attached hydrogen (secondary N) is 3. The van der Waals surface area contributed by atoms with Crippen LogP contribution in [0.1, 0.15) is 26.7 Å². The molecule has 126 valence electrons. The topological polar surface area (TPSA) is 79.5 Å². The summed E-state index contributed by atoms with van der Waals surface area (Å²) in [6, 6.07) is 6.42. The van der Waals surface area contributed by atoms with Gasteiger partial charge in [0.15, 0.2) is 0 Å². The molecule has 7 heteroatoms. The van der Waals surface area contributed by atoms with E-state index in [0.717, 1.165) is 12.8 Å². The Morgan fingerprint density at radius 2 is 2.17 bits per heavy atom. The van der Waals surface area contributed by atoms with Gasteiger partial charge in [0.1, 0.15) is 0 Å². The van der Waals surface area contributed by atoms with Gasteiger partial charge in [-0.05, 0) is 44.9 Å². The van der Waals surface area contributed by atoms with Gasteiger partial charge >= 0.3 is 6.03 Å². The number of carbonyl (C=O) groups is 2. The SMILES string of the molecule is CC1(C)C[C@@H](NC(=O)CNC(=O)Nc2cccc(Cl)c2)CCO1. The number of ether oxygens (including phenoxy) is 1. The zero-order chi connectivity index (χ0) is 16.9. The maximum Gasteiger partial charge on any atom is 0.319 e. The van der Waals surface area contributed by atoms with Crippen molar-refractivity contribution >= 4 is 29.2 Å². The van der Waals surface area contributed by atoms with Crippen molar-refractivity contribution in [1.29, 1.82) is 0 Å². The number of rotatable bonds is 4. The average molecular weight is 340 g/mol. The smallest absolute Gasteiger partial charge is 0.319 e. The number of amides is 3. The first-order chi connectivity index (χ1) is 10.8. The van der Waals surface area contributed by atoms with E-state index in [1.54, 1.807) is 24.3 Å². The Bertz CT molecular complexity index is 577. The number of hydrogen-bond acceptors (Lipinski definition) is 3. The lowest BCUT2D eigenvalue weighted by molar-refractivity contribution is -0.123. The lowest BCUT2D eigenvalue weighted by atomic mass is 9.94. The van der Waals surface area contributed by atoms with Crippen LogP contribution in [0.2, 0.25) is 5.02 Å².